The van der Waals surface area contributed by atoms with Gasteiger partial charge in [0.05, 0.1) is 0 Å². The molecule has 5 nitrogen and oxygen atoms in total. The van der Waals surface area contributed by atoms with Crippen LogP contribution >= 0.6 is 0 Å². The third-order valence-corrected chi connectivity index (χ3v) is 2.25. The van der Waals surface area contributed by atoms with Crippen LogP contribution in [0.15, 0.2) is 12.7 Å². The first-order chi connectivity index (χ1) is 6.56. The molecule has 80 valence electrons. The predicted molar refractivity (Wildman–Crippen MR) is 52.0 cm³/mol. The monoisotopic (exact) mass is 218 g/mol. The third kappa shape index (κ3) is 7.50. The Kier molecular flexibility index (Phi) is 6.68. The summed E-state index contributed by atoms with van der Waals surface area (Å²) in [5, 5.41) is 0. The molecule has 0 bridgehead atoms. The molecule has 0 radical (unpaired) electrons. The van der Waals surface area contributed by atoms with E-state index in [2.05, 4.69) is 16.1 Å². The lowest BCUT2D eigenvalue weighted by molar-refractivity contribution is -0.233. The highest BCUT2D eigenvalue weighted by atomic mass is 28.2. The summed E-state index contributed by atoms with van der Waals surface area (Å²) >= 11 is 0. The Morgan fingerprint density at radius 3 is 2.21 bits per heavy atom. The van der Waals surface area contributed by atoms with E-state index in [9.17, 15) is 9.59 Å². The van der Waals surface area contributed by atoms with Crippen molar-refractivity contribution in [2.45, 2.75) is 26.4 Å². The Morgan fingerprint density at radius 2 is 1.86 bits per heavy atom. The Labute approximate surface area is 85.0 Å². The van der Waals surface area contributed by atoms with Crippen LogP contribution in [-0.4, -0.2) is 28.2 Å². The van der Waals surface area contributed by atoms with Gasteiger partial charge in [-0.25, -0.2) is 0 Å². The van der Waals surface area contributed by atoms with Gasteiger partial charge in [0.1, 0.15) is 0 Å². The third-order valence-electron chi connectivity index (χ3n) is 1.10. The van der Waals surface area contributed by atoms with E-state index in [0.29, 0.717) is 0 Å². The van der Waals surface area contributed by atoms with Crippen molar-refractivity contribution in [1.29, 1.82) is 0 Å². The molecule has 0 saturated heterocycles. The molecule has 0 spiro atoms. The van der Waals surface area contributed by atoms with E-state index < -0.39 is 28.2 Å². The SMILES string of the molecule is C=CC[SiH2]OC(OC(C)=O)OC(C)=O. The molecule has 0 aliphatic heterocycles. The highest BCUT2D eigenvalue weighted by molar-refractivity contribution is 6.27. The molecule has 0 aliphatic carbocycles. The smallest absolute Gasteiger partial charge is 0.355 e. The van der Waals surface area contributed by atoms with Gasteiger partial charge >= 0.3 is 18.4 Å². The van der Waals surface area contributed by atoms with Crippen LogP contribution in [0.2, 0.25) is 6.04 Å². The first-order valence-corrected chi connectivity index (χ1v) is 5.71. The number of esters is 2. The van der Waals surface area contributed by atoms with E-state index in [-0.39, 0.29) is 0 Å². The fourth-order valence-corrected chi connectivity index (χ4v) is 1.24. The van der Waals surface area contributed by atoms with Crippen molar-refractivity contribution < 1.29 is 23.5 Å². The van der Waals surface area contributed by atoms with Crippen LogP contribution in [0, 0.1) is 0 Å². The molecule has 0 aromatic heterocycles. The number of hydrogen-bond donors (Lipinski definition) is 0. The average Bonchev–Trinajstić information content (AvgIpc) is 2.02. The van der Waals surface area contributed by atoms with Gasteiger partial charge in [0.25, 0.3) is 0 Å². The molecular weight excluding hydrogens is 204 g/mol. The maximum Gasteiger partial charge on any atom is 0.355 e. The summed E-state index contributed by atoms with van der Waals surface area (Å²) in [5.41, 5.74) is 0. The fourth-order valence-electron chi connectivity index (χ4n) is 0.611. The second-order valence-corrected chi connectivity index (χ2v) is 3.77. The number of ether oxygens (including phenoxy) is 2. The Balaban J connectivity index is 3.89. The van der Waals surface area contributed by atoms with E-state index in [1.807, 2.05) is 0 Å². The number of carbonyl (C=O) groups excluding carboxylic acids is 2. The van der Waals surface area contributed by atoms with E-state index in [0.717, 1.165) is 6.04 Å². The van der Waals surface area contributed by atoms with Gasteiger partial charge in [-0.05, 0) is 6.04 Å². The number of rotatable bonds is 6. The predicted octanol–water partition coefficient (Wildman–Crippen LogP) is 0.101. The van der Waals surface area contributed by atoms with E-state index in [1.54, 1.807) is 6.08 Å². The molecule has 0 fully saturated rings. The zero-order valence-corrected chi connectivity index (χ0v) is 9.73. The summed E-state index contributed by atoms with van der Waals surface area (Å²) < 4.78 is 14.3. The number of carbonyl (C=O) groups is 2. The fraction of sp³-hybridized carbons (Fsp3) is 0.500. The lowest BCUT2D eigenvalue weighted by atomic mass is 10.8. The van der Waals surface area contributed by atoms with Crippen molar-refractivity contribution in [1.82, 2.24) is 0 Å². The molecule has 0 atom stereocenters. The summed E-state index contributed by atoms with van der Waals surface area (Å²) in [6.45, 7) is 4.76. The van der Waals surface area contributed by atoms with Crippen LogP contribution in [-0.2, 0) is 23.5 Å². The molecule has 0 aromatic carbocycles. The summed E-state index contributed by atoms with van der Waals surface area (Å²) in [5.74, 6) is -1.10. The molecule has 0 unspecified atom stereocenters. The normalized spacial score (nSPS) is 10.5. The largest absolute Gasteiger partial charge is 0.401 e. The van der Waals surface area contributed by atoms with Crippen molar-refractivity contribution in [2.75, 3.05) is 0 Å². The van der Waals surface area contributed by atoms with Gasteiger partial charge in [-0.3, -0.25) is 9.59 Å². The summed E-state index contributed by atoms with van der Waals surface area (Å²) in [6, 6.07) is 0.721. The van der Waals surface area contributed by atoms with Crippen LogP contribution in [0.5, 0.6) is 0 Å². The van der Waals surface area contributed by atoms with Crippen LogP contribution in [0.1, 0.15) is 13.8 Å². The van der Waals surface area contributed by atoms with Crippen molar-refractivity contribution in [3.8, 4) is 0 Å². The van der Waals surface area contributed by atoms with Gasteiger partial charge in [-0.1, -0.05) is 6.08 Å². The molecular formula is C8H14O5Si. The van der Waals surface area contributed by atoms with Crippen LogP contribution in [0.3, 0.4) is 0 Å². The van der Waals surface area contributed by atoms with Gasteiger partial charge in [0.15, 0.2) is 9.76 Å². The van der Waals surface area contributed by atoms with Crippen molar-refractivity contribution in [3.63, 3.8) is 0 Å². The van der Waals surface area contributed by atoms with Gasteiger partial charge < -0.3 is 13.9 Å². The topological polar surface area (TPSA) is 61.8 Å². The molecule has 0 amide bonds. The highest BCUT2D eigenvalue weighted by Crippen LogP contribution is 1.99. The number of hydrogen-bond acceptors (Lipinski definition) is 5. The summed E-state index contributed by atoms with van der Waals surface area (Å²) in [7, 11) is -0.895. The molecule has 0 heterocycles. The Morgan fingerprint density at radius 1 is 1.36 bits per heavy atom. The maximum atomic E-state index is 10.6. The van der Waals surface area contributed by atoms with Crippen LogP contribution < -0.4 is 0 Å². The molecule has 0 saturated carbocycles. The van der Waals surface area contributed by atoms with Gasteiger partial charge in [-0.2, -0.15) is 0 Å². The minimum Gasteiger partial charge on any atom is -0.401 e. The molecule has 0 aromatic rings. The molecule has 14 heavy (non-hydrogen) atoms. The average molecular weight is 218 g/mol. The van der Waals surface area contributed by atoms with Gasteiger partial charge in [0, 0.05) is 13.8 Å². The van der Waals surface area contributed by atoms with Crippen molar-refractivity contribution in [3.05, 3.63) is 12.7 Å². The summed E-state index contributed by atoms with van der Waals surface area (Å²) in [6.07, 6.45) is 1.70. The molecule has 0 rings (SSSR count). The van der Waals surface area contributed by atoms with Crippen molar-refractivity contribution >= 4 is 21.7 Å². The van der Waals surface area contributed by atoms with Crippen molar-refractivity contribution in [2.24, 2.45) is 0 Å². The van der Waals surface area contributed by atoms with E-state index in [1.165, 1.54) is 13.8 Å². The maximum absolute atomic E-state index is 10.6. The summed E-state index contributed by atoms with van der Waals surface area (Å²) in [4.78, 5) is 21.1. The Hall–Kier alpha value is -1.14. The molecule has 0 N–H and O–H groups in total. The minimum atomic E-state index is -1.20. The van der Waals surface area contributed by atoms with E-state index >= 15 is 0 Å². The lowest BCUT2D eigenvalue weighted by Gasteiger charge is -2.16. The van der Waals surface area contributed by atoms with Crippen LogP contribution in [0.4, 0.5) is 0 Å². The first kappa shape index (κ1) is 12.9. The second-order valence-electron chi connectivity index (χ2n) is 2.46. The number of allylic oxidation sites excluding steroid dienone is 1. The first-order valence-electron chi connectivity index (χ1n) is 4.13. The van der Waals surface area contributed by atoms with E-state index in [4.69, 9.17) is 4.43 Å². The lowest BCUT2D eigenvalue weighted by Crippen LogP contribution is -2.26. The standard InChI is InChI=1S/C8H14O5Si/c1-4-5-14-13-8(11-6(2)9)12-7(3)10/h4,8H,1,5,14H2,2-3H3. The molecule has 0 aliphatic rings. The zero-order valence-electron chi connectivity index (χ0n) is 8.32. The van der Waals surface area contributed by atoms with Crippen LogP contribution in [0.25, 0.3) is 0 Å². The minimum absolute atomic E-state index is 0.552. The van der Waals surface area contributed by atoms with Gasteiger partial charge in [0.2, 0.25) is 0 Å². The quantitative estimate of drug-likeness (QED) is 0.208. The zero-order chi connectivity index (χ0) is 11.0. The Bertz CT molecular complexity index is 200. The second kappa shape index (κ2) is 7.28. The van der Waals surface area contributed by atoms with Gasteiger partial charge in [-0.15, -0.1) is 6.58 Å². The molecule has 6 heteroatoms. The highest BCUT2D eigenvalue weighted by Gasteiger charge is 2.14.